The zero-order valence-corrected chi connectivity index (χ0v) is 10.5. The van der Waals surface area contributed by atoms with E-state index < -0.39 is 32.5 Å². The number of benzene rings is 1. The van der Waals surface area contributed by atoms with Gasteiger partial charge in [0.15, 0.2) is 0 Å². The highest BCUT2D eigenvalue weighted by Gasteiger charge is 2.42. The molecule has 16 heavy (non-hydrogen) atoms. The van der Waals surface area contributed by atoms with Crippen LogP contribution in [0.15, 0.2) is 15.0 Å². The maximum Gasteiger partial charge on any atom is 0.424 e. The minimum Gasteiger partial charge on any atom is -0.392 e. The number of hydrogen-bond donors (Lipinski definition) is 1. The number of alkyl halides is 3. The van der Waals surface area contributed by atoms with Gasteiger partial charge in [0.1, 0.15) is 11.3 Å². The van der Waals surface area contributed by atoms with Crippen molar-refractivity contribution in [3.05, 3.63) is 30.7 Å². The standard InChI is InChI=1S/C7H3Br2F3N2O2/c8-2-1-3(9)5(13)6(14(15)16)4(2)7(10,11)12/h1H,13H2. The lowest BCUT2D eigenvalue weighted by Gasteiger charge is -2.12. The van der Waals surface area contributed by atoms with Crippen LogP contribution in [-0.4, -0.2) is 4.92 Å². The lowest BCUT2D eigenvalue weighted by Crippen LogP contribution is -2.12. The average Bonchev–Trinajstić information content (AvgIpc) is 2.07. The van der Waals surface area contributed by atoms with Gasteiger partial charge in [0.2, 0.25) is 0 Å². The summed E-state index contributed by atoms with van der Waals surface area (Å²) in [6, 6.07) is 1.02. The van der Waals surface area contributed by atoms with Gasteiger partial charge in [0.25, 0.3) is 0 Å². The topological polar surface area (TPSA) is 69.2 Å². The van der Waals surface area contributed by atoms with Gasteiger partial charge in [-0.25, -0.2) is 0 Å². The number of nitro groups is 1. The van der Waals surface area contributed by atoms with Crippen LogP contribution in [0.5, 0.6) is 0 Å². The number of nitro benzene ring substituents is 1. The molecule has 0 aliphatic rings. The quantitative estimate of drug-likeness (QED) is 0.469. The largest absolute Gasteiger partial charge is 0.424 e. The number of halogens is 5. The second-order valence-corrected chi connectivity index (χ2v) is 4.44. The normalized spacial score (nSPS) is 11.6. The van der Waals surface area contributed by atoms with E-state index in [-0.39, 0.29) is 4.47 Å². The van der Waals surface area contributed by atoms with E-state index in [0.717, 1.165) is 6.07 Å². The number of nitrogens with two attached hydrogens (primary N) is 1. The number of anilines is 1. The van der Waals surface area contributed by atoms with E-state index in [9.17, 15) is 23.3 Å². The molecule has 0 aromatic heterocycles. The van der Waals surface area contributed by atoms with Crippen LogP contribution < -0.4 is 5.73 Å². The smallest absolute Gasteiger partial charge is 0.392 e. The average molecular weight is 364 g/mol. The van der Waals surface area contributed by atoms with Gasteiger partial charge in [0, 0.05) is 8.95 Å². The summed E-state index contributed by atoms with van der Waals surface area (Å²) in [5, 5.41) is 10.6. The fourth-order valence-corrected chi connectivity index (χ4v) is 2.45. The van der Waals surface area contributed by atoms with Crippen LogP contribution >= 0.6 is 31.9 Å². The number of nitrogens with zero attached hydrogens (tertiary/aromatic N) is 1. The summed E-state index contributed by atoms with van der Waals surface area (Å²) in [6.45, 7) is 0. The molecular weight excluding hydrogens is 361 g/mol. The van der Waals surface area contributed by atoms with Crippen LogP contribution in [0.1, 0.15) is 5.56 Å². The first-order valence-corrected chi connectivity index (χ1v) is 5.24. The van der Waals surface area contributed by atoms with Crippen LogP contribution in [0.3, 0.4) is 0 Å². The van der Waals surface area contributed by atoms with Gasteiger partial charge in [0.05, 0.1) is 4.92 Å². The van der Waals surface area contributed by atoms with Crippen molar-refractivity contribution in [1.29, 1.82) is 0 Å². The van der Waals surface area contributed by atoms with Gasteiger partial charge < -0.3 is 5.73 Å². The second kappa shape index (κ2) is 4.21. The number of rotatable bonds is 1. The van der Waals surface area contributed by atoms with Gasteiger partial charge in [-0.3, -0.25) is 10.1 Å². The Balaban J connectivity index is 3.72. The van der Waals surface area contributed by atoms with Crippen molar-refractivity contribution in [1.82, 2.24) is 0 Å². The molecule has 0 saturated carbocycles. The molecule has 1 aromatic carbocycles. The zero-order valence-electron chi connectivity index (χ0n) is 7.31. The molecule has 4 nitrogen and oxygen atoms in total. The molecule has 1 aromatic rings. The summed E-state index contributed by atoms with van der Waals surface area (Å²) in [5.41, 5.74) is 2.14. The lowest BCUT2D eigenvalue weighted by molar-refractivity contribution is -0.387. The molecule has 0 radical (unpaired) electrons. The minimum absolute atomic E-state index is 0.0269. The van der Waals surface area contributed by atoms with Crippen molar-refractivity contribution < 1.29 is 18.1 Å². The fraction of sp³-hybridized carbons (Fsp3) is 0.143. The molecule has 2 N–H and O–H groups in total. The lowest BCUT2D eigenvalue weighted by atomic mass is 10.1. The van der Waals surface area contributed by atoms with Gasteiger partial charge in [-0.2, -0.15) is 13.2 Å². The molecule has 88 valence electrons. The van der Waals surface area contributed by atoms with Gasteiger partial charge in [-0.05, 0) is 37.9 Å². The Kier molecular flexibility index (Phi) is 3.48. The highest BCUT2D eigenvalue weighted by atomic mass is 79.9. The summed E-state index contributed by atoms with van der Waals surface area (Å²) < 4.78 is 37.3. The molecule has 0 fully saturated rings. The summed E-state index contributed by atoms with van der Waals surface area (Å²) in [6.07, 6.45) is -4.85. The van der Waals surface area contributed by atoms with Gasteiger partial charge >= 0.3 is 11.9 Å². The van der Waals surface area contributed by atoms with Crippen LogP contribution in [0, 0.1) is 10.1 Å². The Morgan fingerprint density at radius 3 is 2.19 bits per heavy atom. The molecule has 0 aliphatic heterocycles. The highest BCUT2D eigenvalue weighted by Crippen LogP contribution is 2.46. The van der Waals surface area contributed by atoms with E-state index in [4.69, 9.17) is 5.73 Å². The van der Waals surface area contributed by atoms with Crippen molar-refractivity contribution in [3.63, 3.8) is 0 Å². The molecule has 0 spiro atoms. The predicted molar refractivity (Wildman–Crippen MR) is 57.9 cm³/mol. The fourth-order valence-electron chi connectivity index (χ4n) is 1.08. The van der Waals surface area contributed by atoms with E-state index in [1.807, 2.05) is 0 Å². The molecule has 1 rings (SSSR count). The maximum absolute atomic E-state index is 12.6. The van der Waals surface area contributed by atoms with E-state index in [2.05, 4.69) is 31.9 Å². The highest BCUT2D eigenvalue weighted by molar-refractivity contribution is 9.11. The minimum atomic E-state index is -4.85. The van der Waals surface area contributed by atoms with Crippen molar-refractivity contribution in [2.75, 3.05) is 5.73 Å². The van der Waals surface area contributed by atoms with Crippen LogP contribution in [-0.2, 0) is 6.18 Å². The molecule has 9 heteroatoms. The van der Waals surface area contributed by atoms with Crippen molar-refractivity contribution in [2.24, 2.45) is 0 Å². The molecule has 0 bridgehead atoms. The molecular formula is C7H3Br2F3N2O2. The Hall–Kier alpha value is -0.830. The van der Waals surface area contributed by atoms with Crippen molar-refractivity contribution >= 4 is 43.2 Å². The van der Waals surface area contributed by atoms with E-state index >= 15 is 0 Å². The molecule has 0 heterocycles. The zero-order chi connectivity index (χ0) is 12.7. The summed E-state index contributed by atoms with van der Waals surface area (Å²) >= 11 is 5.47. The van der Waals surface area contributed by atoms with Crippen LogP contribution in [0.4, 0.5) is 24.5 Å². The van der Waals surface area contributed by atoms with Gasteiger partial charge in [-0.15, -0.1) is 0 Å². The summed E-state index contributed by atoms with van der Waals surface area (Å²) in [7, 11) is 0. The Morgan fingerprint density at radius 2 is 1.81 bits per heavy atom. The van der Waals surface area contributed by atoms with E-state index in [1.165, 1.54) is 0 Å². The third kappa shape index (κ3) is 2.29. The SMILES string of the molecule is Nc1c(Br)cc(Br)c(C(F)(F)F)c1[N+](=O)[O-]. The maximum atomic E-state index is 12.6. The van der Waals surface area contributed by atoms with E-state index in [1.54, 1.807) is 0 Å². The first kappa shape index (κ1) is 13.2. The third-order valence-corrected chi connectivity index (χ3v) is 2.99. The Bertz CT molecular complexity index is 462. The molecule has 0 saturated heterocycles. The Morgan fingerprint density at radius 1 is 1.31 bits per heavy atom. The number of nitrogen functional groups attached to an aromatic ring is 1. The molecule has 0 unspecified atom stereocenters. The van der Waals surface area contributed by atoms with Crippen molar-refractivity contribution in [3.8, 4) is 0 Å². The van der Waals surface area contributed by atoms with Crippen molar-refractivity contribution in [2.45, 2.75) is 6.18 Å². The third-order valence-electron chi connectivity index (χ3n) is 1.71. The van der Waals surface area contributed by atoms with E-state index in [0.29, 0.717) is 0 Å². The molecule has 0 aliphatic carbocycles. The molecule has 0 atom stereocenters. The first-order valence-electron chi connectivity index (χ1n) is 3.65. The first-order chi connectivity index (χ1) is 7.16. The number of hydrogen-bond acceptors (Lipinski definition) is 3. The monoisotopic (exact) mass is 362 g/mol. The van der Waals surface area contributed by atoms with Crippen LogP contribution in [0.25, 0.3) is 0 Å². The summed E-state index contributed by atoms with van der Waals surface area (Å²) in [4.78, 5) is 9.42. The second-order valence-electron chi connectivity index (χ2n) is 2.73. The van der Waals surface area contributed by atoms with Crippen LogP contribution in [0.2, 0.25) is 0 Å². The Labute approximate surface area is 104 Å². The predicted octanol–water partition coefficient (Wildman–Crippen LogP) is 3.72. The summed E-state index contributed by atoms with van der Waals surface area (Å²) in [5.74, 6) is 0. The van der Waals surface area contributed by atoms with Gasteiger partial charge in [-0.1, -0.05) is 0 Å². The molecule has 0 amide bonds.